The van der Waals surface area contributed by atoms with Gasteiger partial charge in [0.05, 0.1) is 17.7 Å². The molecule has 44 heavy (non-hydrogen) atoms. The van der Waals surface area contributed by atoms with Crippen molar-refractivity contribution in [3.8, 4) is 5.75 Å². The summed E-state index contributed by atoms with van der Waals surface area (Å²) in [4.78, 5) is 32.0. The van der Waals surface area contributed by atoms with E-state index in [4.69, 9.17) is 10.2 Å². The summed E-state index contributed by atoms with van der Waals surface area (Å²) in [5.74, 6) is -0.361. The van der Waals surface area contributed by atoms with Crippen LogP contribution in [0.15, 0.2) is 47.1 Å². The molecule has 0 radical (unpaired) electrons. The lowest BCUT2D eigenvalue weighted by Gasteiger charge is -2.33. The summed E-state index contributed by atoms with van der Waals surface area (Å²) in [5, 5.41) is 25.9. The molecule has 2 saturated carbocycles. The van der Waals surface area contributed by atoms with Crippen molar-refractivity contribution in [2.24, 2.45) is 5.73 Å². The van der Waals surface area contributed by atoms with Crippen molar-refractivity contribution in [2.45, 2.75) is 96.7 Å². The number of phenols is 1. The second-order valence-corrected chi connectivity index (χ2v) is 11.9. The SMILES string of the molecule is CCCN(CCC)c1ccccc1C.Cc1cc(O)c(C(=O)N[C@H]2CCC[C@H](N)C2O)cc1NC(=O)c1coc(C2CC2)n1. The Hall–Kier alpha value is -3.89. The molecule has 0 bridgehead atoms. The number of nitrogens with one attached hydrogen (secondary N) is 2. The zero-order valence-electron chi connectivity index (χ0n) is 26.3. The Morgan fingerprint density at radius 3 is 2.39 bits per heavy atom. The van der Waals surface area contributed by atoms with E-state index >= 15 is 0 Å². The van der Waals surface area contributed by atoms with Crippen LogP contribution in [0.4, 0.5) is 11.4 Å². The molecule has 0 saturated heterocycles. The Balaban J connectivity index is 0.000000265. The van der Waals surface area contributed by atoms with Crippen molar-refractivity contribution < 1.29 is 24.2 Å². The fourth-order valence-corrected chi connectivity index (χ4v) is 5.53. The third-order valence-corrected chi connectivity index (χ3v) is 8.18. The monoisotopic (exact) mass is 605 g/mol. The first-order valence-electron chi connectivity index (χ1n) is 15.8. The smallest absolute Gasteiger partial charge is 0.277 e. The van der Waals surface area contributed by atoms with E-state index in [1.807, 2.05) is 0 Å². The molecule has 1 aromatic heterocycles. The number of aryl methyl sites for hydroxylation is 2. The molecule has 0 aliphatic heterocycles. The highest BCUT2D eigenvalue weighted by Crippen LogP contribution is 2.39. The molecule has 2 aliphatic carbocycles. The molecule has 10 nitrogen and oxygen atoms in total. The summed E-state index contributed by atoms with van der Waals surface area (Å²) in [6, 6.07) is 10.6. The molecule has 6 N–H and O–H groups in total. The number of carbonyl (C=O) groups is 2. The van der Waals surface area contributed by atoms with Gasteiger partial charge >= 0.3 is 0 Å². The van der Waals surface area contributed by atoms with Crippen LogP contribution in [0.5, 0.6) is 5.75 Å². The average molecular weight is 606 g/mol. The number of hydrogen-bond donors (Lipinski definition) is 5. The van der Waals surface area contributed by atoms with E-state index in [-0.39, 0.29) is 17.0 Å². The molecule has 3 atom stereocenters. The molecule has 3 aromatic rings. The summed E-state index contributed by atoms with van der Waals surface area (Å²) in [6.45, 7) is 10.7. The molecule has 2 fully saturated rings. The van der Waals surface area contributed by atoms with Crippen molar-refractivity contribution in [1.82, 2.24) is 10.3 Å². The Morgan fingerprint density at radius 1 is 1.02 bits per heavy atom. The summed E-state index contributed by atoms with van der Waals surface area (Å²) < 4.78 is 5.35. The average Bonchev–Trinajstić information content (AvgIpc) is 3.73. The Kier molecular flexibility index (Phi) is 11.4. The minimum absolute atomic E-state index is 0.000988. The van der Waals surface area contributed by atoms with Crippen LogP contribution in [0.3, 0.4) is 0 Å². The summed E-state index contributed by atoms with van der Waals surface area (Å²) in [5.41, 5.74) is 9.79. The number of nitrogens with two attached hydrogens (primary N) is 1. The molecule has 10 heteroatoms. The number of carbonyl (C=O) groups excluding carboxylic acids is 2. The standard InChI is InChI=1S/C21H26N4O5.C13H21N/c1-10-7-17(26)12(19(28)23-14-4-2-3-13(22)18(14)27)8-15(10)24-20(29)16-9-30-21(25-16)11-5-6-11;1-4-10-14(11-5-2)13-9-7-6-8-12(13)3/h7-9,11,13-14,18,26-27H,2-6,22H2,1H3,(H,23,28)(H,24,29);6-9H,4-5,10-11H2,1-3H3/t13-,14-,18?;/m0./s1. The number of hydrogen-bond acceptors (Lipinski definition) is 8. The molecule has 238 valence electrons. The fourth-order valence-electron chi connectivity index (χ4n) is 5.53. The van der Waals surface area contributed by atoms with Gasteiger partial charge in [0.15, 0.2) is 11.6 Å². The number of aliphatic hydroxyl groups is 1. The third kappa shape index (κ3) is 8.39. The number of phenolic OH excluding ortho intramolecular Hbond substituents is 1. The molecular weight excluding hydrogens is 558 g/mol. The van der Waals surface area contributed by atoms with Crippen LogP contribution < -0.4 is 21.3 Å². The molecule has 2 aromatic carbocycles. The number of aromatic hydroxyl groups is 1. The van der Waals surface area contributed by atoms with Gasteiger partial charge in [0.2, 0.25) is 0 Å². The van der Waals surface area contributed by atoms with E-state index < -0.39 is 30.0 Å². The van der Waals surface area contributed by atoms with Gasteiger partial charge in [-0.3, -0.25) is 9.59 Å². The van der Waals surface area contributed by atoms with Gasteiger partial charge in [-0.15, -0.1) is 0 Å². The van der Waals surface area contributed by atoms with Crippen LogP contribution >= 0.6 is 0 Å². The van der Waals surface area contributed by atoms with Gasteiger partial charge in [-0.2, -0.15) is 0 Å². The van der Waals surface area contributed by atoms with Crippen molar-refractivity contribution >= 4 is 23.2 Å². The second kappa shape index (κ2) is 15.2. The number of nitrogens with zero attached hydrogens (tertiary/aromatic N) is 2. The van der Waals surface area contributed by atoms with E-state index in [9.17, 15) is 19.8 Å². The highest BCUT2D eigenvalue weighted by Gasteiger charge is 2.32. The molecule has 2 aliphatic rings. The number of para-hydroxylation sites is 1. The van der Waals surface area contributed by atoms with Crippen LogP contribution in [0.25, 0.3) is 0 Å². The van der Waals surface area contributed by atoms with E-state index in [0.717, 1.165) is 19.3 Å². The van der Waals surface area contributed by atoms with E-state index in [1.54, 1.807) is 6.92 Å². The first-order valence-corrected chi connectivity index (χ1v) is 15.8. The predicted octanol–water partition coefficient (Wildman–Crippen LogP) is 5.41. The van der Waals surface area contributed by atoms with E-state index in [2.05, 4.69) is 65.6 Å². The number of aromatic nitrogens is 1. The highest BCUT2D eigenvalue weighted by atomic mass is 16.3. The quantitative estimate of drug-likeness (QED) is 0.192. The molecular formula is C34H47N5O5. The number of oxazole rings is 1. The molecule has 5 rings (SSSR count). The molecule has 0 spiro atoms. The lowest BCUT2D eigenvalue weighted by atomic mass is 9.88. The summed E-state index contributed by atoms with van der Waals surface area (Å²) in [7, 11) is 0. The van der Waals surface area contributed by atoms with Gasteiger partial charge in [-0.25, -0.2) is 4.98 Å². The van der Waals surface area contributed by atoms with Crippen LogP contribution in [0, 0.1) is 13.8 Å². The predicted molar refractivity (Wildman–Crippen MR) is 172 cm³/mol. The number of benzene rings is 2. The Bertz CT molecular complexity index is 1410. The number of anilines is 2. The van der Waals surface area contributed by atoms with Crippen LogP contribution in [0.1, 0.15) is 103 Å². The van der Waals surface area contributed by atoms with Crippen LogP contribution in [0.2, 0.25) is 0 Å². The Morgan fingerprint density at radius 2 is 1.73 bits per heavy atom. The third-order valence-electron chi connectivity index (χ3n) is 8.18. The minimum Gasteiger partial charge on any atom is -0.507 e. The van der Waals surface area contributed by atoms with Gasteiger partial charge in [0, 0.05) is 36.4 Å². The van der Waals surface area contributed by atoms with Crippen molar-refractivity contribution in [3.63, 3.8) is 0 Å². The molecule has 1 heterocycles. The zero-order valence-corrected chi connectivity index (χ0v) is 26.3. The second-order valence-electron chi connectivity index (χ2n) is 11.9. The maximum atomic E-state index is 12.7. The van der Waals surface area contributed by atoms with Gasteiger partial charge in [0.25, 0.3) is 11.8 Å². The van der Waals surface area contributed by atoms with Crippen molar-refractivity contribution in [2.75, 3.05) is 23.3 Å². The topological polar surface area (TPSA) is 154 Å². The minimum atomic E-state index is -0.845. The van der Waals surface area contributed by atoms with Crippen LogP contribution in [-0.4, -0.2) is 58.3 Å². The highest BCUT2D eigenvalue weighted by molar-refractivity contribution is 6.05. The Labute approximate surface area is 260 Å². The first-order chi connectivity index (χ1) is 21.1. The maximum Gasteiger partial charge on any atom is 0.277 e. The van der Waals surface area contributed by atoms with Gasteiger partial charge in [0.1, 0.15) is 12.0 Å². The van der Waals surface area contributed by atoms with Gasteiger partial charge < -0.3 is 35.9 Å². The van der Waals surface area contributed by atoms with Crippen LogP contribution in [-0.2, 0) is 0 Å². The van der Waals surface area contributed by atoms with Crippen molar-refractivity contribution in [3.05, 3.63) is 70.9 Å². The van der Waals surface area contributed by atoms with E-state index in [1.165, 1.54) is 55.6 Å². The lowest BCUT2D eigenvalue weighted by molar-refractivity contribution is 0.0615. The van der Waals surface area contributed by atoms with Gasteiger partial charge in [-0.05, 0) is 88.1 Å². The summed E-state index contributed by atoms with van der Waals surface area (Å²) >= 11 is 0. The fraction of sp³-hybridized carbons (Fsp3) is 0.500. The van der Waals surface area contributed by atoms with Gasteiger partial charge in [-0.1, -0.05) is 32.0 Å². The number of rotatable bonds is 10. The van der Waals surface area contributed by atoms with Crippen molar-refractivity contribution in [1.29, 1.82) is 0 Å². The van der Waals surface area contributed by atoms with E-state index in [0.29, 0.717) is 35.9 Å². The lowest BCUT2D eigenvalue weighted by Crippen LogP contribution is -2.53. The first kappa shape index (κ1) is 33.0. The molecule has 2 amide bonds. The zero-order chi connectivity index (χ0) is 31.8. The maximum absolute atomic E-state index is 12.7. The summed E-state index contributed by atoms with van der Waals surface area (Å²) in [6.07, 6.45) is 7.03. The molecule has 1 unspecified atom stereocenters. The number of amides is 2. The normalized spacial score (nSPS) is 19.5. The largest absolute Gasteiger partial charge is 0.507 e. The number of aliphatic hydroxyl groups excluding tert-OH is 1.